The maximum atomic E-state index is 13.6. The summed E-state index contributed by atoms with van der Waals surface area (Å²) in [6.45, 7) is 5.65. The highest BCUT2D eigenvalue weighted by Crippen LogP contribution is 2.42. The van der Waals surface area contributed by atoms with E-state index in [0.717, 1.165) is 31.4 Å². The van der Waals surface area contributed by atoms with Crippen molar-refractivity contribution in [1.82, 2.24) is 4.90 Å². The van der Waals surface area contributed by atoms with E-state index in [4.69, 9.17) is 14.2 Å². The van der Waals surface area contributed by atoms with E-state index >= 15 is 0 Å². The highest BCUT2D eigenvalue weighted by atomic mass is 16.5. The summed E-state index contributed by atoms with van der Waals surface area (Å²) < 4.78 is 17.0. The van der Waals surface area contributed by atoms with Crippen molar-refractivity contribution < 1.29 is 19.0 Å². The van der Waals surface area contributed by atoms with Crippen molar-refractivity contribution in [2.45, 2.75) is 128 Å². The zero-order valence-electron chi connectivity index (χ0n) is 25.2. The molecule has 0 radical (unpaired) electrons. The number of unbranched alkanes of at least 4 members (excludes halogenated alkanes) is 11. The fraction of sp³-hybridized carbons (Fsp3) is 0.788. The van der Waals surface area contributed by atoms with Crippen LogP contribution in [0.4, 0.5) is 0 Å². The Hall–Kier alpha value is -1.75. The van der Waals surface area contributed by atoms with Crippen LogP contribution in [0.3, 0.4) is 0 Å². The molecular formula is C33H57NO4. The Labute approximate surface area is 234 Å². The number of carbonyl (C=O) groups excluding carboxylic acids is 1. The molecule has 0 N–H and O–H groups in total. The first-order valence-electron chi connectivity index (χ1n) is 15.7. The molecule has 1 heterocycles. The number of ketones is 1. The molecule has 0 amide bonds. The molecule has 1 aliphatic heterocycles. The van der Waals surface area contributed by atoms with E-state index in [1.807, 2.05) is 12.1 Å². The van der Waals surface area contributed by atoms with E-state index in [1.165, 1.54) is 103 Å². The number of methoxy groups -OCH3 is 3. The Bertz CT molecular complexity index is 734. The monoisotopic (exact) mass is 531 g/mol. The molecule has 5 heteroatoms. The molecule has 1 saturated heterocycles. The standard InChI is InChI=1S/C33H57NO4/c1-5-6-7-8-9-10-11-12-13-14-15-17-21-29(30(35)22-20-25-34-23-18-16-19-24-34)33-31(37-3)26-28(36-2)27-32(33)38-4/h26-27,29H,5-25H2,1-4H3. The molecular weight excluding hydrogens is 474 g/mol. The molecule has 1 aromatic carbocycles. The Balaban J connectivity index is 1.90. The van der Waals surface area contributed by atoms with Crippen LogP contribution in [0, 0.1) is 0 Å². The Morgan fingerprint density at radius 1 is 0.737 bits per heavy atom. The quantitative estimate of drug-likeness (QED) is 0.140. The highest BCUT2D eigenvalue weighted by molar-refractivity contribution is 5.87. The molecule has 0 bridgehead atoms. The van der Waals surface area contributed by atoms with Crippen molar-refractivity contribution in [3.63, 3.8) is 0 Å². The number of rotatable bonds is 22. The fourth-order valence-corrected chi connectivity index (χ4v) is 5.87. The molecule has 218 valence electrons. The summed E-state index contributed by atoms with van der Waals surface area (Å²) in [6, 6.07) is 3.77. The predicted octanol–water partition coefficient (Wildman–Crippen LogP) is 8.72. The topological polar surface area (TPSA) is 48.0 Å². The minimum absolute atomic E-state index is 0.199. The zero-order valence-corrected chi connectivity index (χ0v) is 25.2. The van der Waals surface area contributed by atoms with Crippen LogP contribution in [0.25, 0.3) is 0 Å². The molecule has 1 unspecified atom stereocenters. The summed E-state index contributed by atoms with van der Waals surface area (Å²) >= 11 is 0. The van der Waals surface area contributed by atoms with Crippen molar-refractivity contribution in [2.75, 3.05) is 41.0 Å². The first-order chi connectivity index (χ1) is 18.6. The van der Waals surface area contributed by atoms with Gasteiger partial charge in [0.05, 0.1) is 27.2 Å². The van der Waals surface area contributed by atoms with Gasteiger partial charge in [0, 0.05) is 24.1 Å². The maximum Gasteiger partial charge on any atom is 0.140 e. The van der Waals surface area contributed by atoms with Crippen LogP contribution < -0.4 is 14.2 Å². The molecule has 1 fully saturated rings. The molecule has 0 saturated carbocycles. The van der Waals surface area contributed by atoms with Gasteiger partial charge in [0.15, 0.2) is 0 Å². The molecule has 1 aromatic rings. The first-order valence-corrected chi connectivity index (χ1v) is 15.7. The van der Waals surface area contributed by atoms with Gasteiger partial charge in [0.2, 0.25) is 0 Å². The predicted molar refractivity (Wildman–Crippen MR) is 159 cm³/mol. The van der Waals surface area contributed by atoms with Crippen LogP contribution in [0.2, 0.25) is 0 Å². The number of hydrogen-bond acceptors (Lipinski definition) is 5. The minimum atomic E-state index is -0.199. The van der Waals surface area contributed by atoms with Crippen LogP contribution >= 0.6 is 0 Å². The van der Waals surface area contributed by atoms with Gasteiger partial charge in [0.1, 0.15) is 23.0 Å². The Kier molecular flexibility index (Phi) is 17.3. The largest absolute Gasteiger partial charge is 0.496 e. The number of carbonyl (C=O) groups is 1. The lowest BCUT2D eigenvalue weighted by Crippen LogP contribution is -2.31. The summed E-state index contributed by atoms with van der Waals surface area (Å²) in [5, 5.41) is 0. The number of piperidine rings is 1. The van der Waals surface area contributed by atoms with E-state index in [9.17, 15) is 4.79 Å². The second kappa shape index (κ2) is 20.2. The Morgan fingerprint density at radius 3 is 1.76 bits per heavy atom. The Morgan fingerprint density at radius 2 is 1.26 bits per heavy atom. The highest BCUT2D eigenvalue weighted by Gasteiger charge is 2.28. The van der Waals surface area contributed by atoms with E-state index in [1.54, 1.807) is 21.3 Å². The third-order valence-electron chi connectivity index (χ3n) is 8.18. The third kappa shape index (κ3) is 12.0. The number of likely N-dealkylation sites (tertiary alicyclic amines) is 1. The molecule has 1 atom stereocenters. The molecule has 0 spiro atoms. The van der Waals surface area contributed by atoms with Crippen molar-refractivity contribution >= 4 is 5.78 Å². The van der Waals surface area contributed by atoms with Gasteiger partial charge in [0.25, 0.3) is 0 Å². The van der Waals surface area contributed by atoms with E-state index in [0.29, 0.717) is 29.5 Å². The SMILES string of the molecule is CCCCCCCCCCCCCCC(C(=O)CCCN1CCCCC1)c1c(OC)cc(OC)cc1OC. The molecule has 1 aliphatic rings. The third-order valence-corrected chi connectivity index (χ3v) is 8.18. The lowest BCUT2D eigenvalue weighted by molar-refractivity contribution is -0.121. The minimum Gasteiger partial charge on any atom is -0.496 e. The average molecular weight is 532 g/mol. The van der Waals surface area contributed by atoms with Crippen LogP contribution in [0.1, 0.15) is 134 Å². The first kappa shape index (κ1) is 32.5. The number of ether oxygens (including phenoxy) is 3. The molecule has 0 aromatic heterocycles. The van der Waals surface area contributed by atoms with Crippen molar-refractivity contribution in [2.24, 2.45) is 0 Å². The van der Waals surface area contributed by atoms with E-state index in [-0.39, 0.29) is 5.92 Å². The molecule has 0 aliphatic carbocycles. The van der Waals surface area contributed by atoms with Crippen LogP contribution in [0.15, 0.2) is 12.1 Å². The van der Waals surface area contributed by atoms with Gasteiger partial charge < -0.3 is 19.1 Å². The number of nitrogens with zero attached hydrogens (tertiary/aromatic N) is 1. The van der Waals surface area contributed by atoms with Gasteiger partial charge in [-0.1, -0.05) is 90.4 Å². The van der Waals surface area contributed by atoms with Crippen LogP contribution in [-0.4, -0.2) is 51.6 Å². The van der Waals surface area contributed by atoms with Crippen molar-refractivity contribution in [3.8, 4) is 17.2 Å². The fourth-order valence-electron chi connectivity index (χ4n) is 5.87. The second-order valence-corrected chi connectivity index (χ2v) is 11.1. The number of hydrogen-bond donors (Lipinski definition) is 0. The molecule has 5 nitrogen and oxygen atoms in total. The van der Waals surface area contributed by atoms with Gasteiger partial charge in [-0.2, -0.15) is 0 Å². The van der Waals surface area contributed by atoms with Gasteiger partial charge in [-0.05, 0) is 45.3 Å². The number of benzene rings is 1. The van der Waals surface area contributed by atoms with Crippen LogP contribution in [-0.2, 0) is 4.79 Å². The normalized spacial score (nSPS) is 14.8. The van der Waals surface area contributed by atoms with E-state index < -0.39 is 0 Å². The van der Waals surface area contributed by atoms with E-state index in [2.05, 4.69) is 11.8 Å². The molecule has 2 rings (SSSR count). The summed E-state index contributed by atoms with van der Waals surface area (Å²) in [4.78, 5) is 16.2. The summed E-state index contributed by atoms with van der Waals surface area (Å²) in [6.07, 6.45) is 22.1. The lowest BCUT2D eigenvalue weighted by Gasteiger charge is -2.26. The van der Waals surface area contributed by atoms with Gasteiger partial charge in [-0.25, -0.2) is 0 Å². The summed E-state index contributed by atoms with van der Waals surface area (Å²) in [5.74, 6) is 2.18. The second-order valence-electron chi connectivity index (χ2n) is 11.1. The van der Waals surface area contributed by atoms with Gasteiger partial charge in [-0.3, -0.25) is 4.79 Å². The van der Waals surface area contributed by atoms with Crippen molar-refractivity contribution in [3.05, 3.63) is 17.7 Å². The average Bonchev–Trinajstić information content (AvgIpc) is 2.95. The van der Waals surface area contributed by atoms with Gasteiger partial charge >= 0.3 is 0 Å². The smallest absolute Gasteiger partial charge is 0.140 e. The zero-order chi connectivity index (χ0) is 27.4. The van der Waals surface area contributed by atoms with Crippen molar-refractivity contribution in [1.29, 1.82) is 0 Å². The molecule has 38 heavy (non-hydrogen) atoms. The number of Topliss-reactive ketones (excluding diaryl/α,β-unsaturated/α-hetero) is 1. The summed E-state index contributed by atoms with van der Waals surface area (Å²) in [7, 11) is 4.97. The van der Waals surface area contributed by atoms with Gasteiger partial charge in [-0.15, -0.1) is 0 Å². The summed E-state index contributed by atoms with van der Waals surface area (Å²) in [5.41, 5.74) is 0.891. The maximum absolute atomic E-state index is 13.6. The lowest BCUT2D eigenvalue weighted by atomic mass is 9.86. The van der Waals surface area contributed by atoms with Crippen LogP contribution in [0.5, 0.6) is 17.2 Å².